The van der Waals surface area contributed by atoms with Gasteiger partial charge in [-0.2, -0.15) is 0 Å². The summed E-state index contributed by atoms with van der Waals surface area (Å²) in [5.41, 5.74) is 0. The van der Waals surface area contributed by atoms with Crippen molar-refractivity contribution in [1.29, 1.82) is 0 Å². The Morgan fingerprint density at radius 1 is 0.821 bits per heavy atom. The quantitative estimate of drug-likeness (QED) is 0.404. The van der Waals surface area contributed by atoms with E-state index in [0.717, 1.165) is 31.3 Å². The van der Waals surface area contributed by atoms with E-state index in [9.17, 15) is 13.7 Å². The van der Waals surface area contributed by atoms with Crippen LogP contribution in [0.4, 0.5) is 4.70 Å². The van der Waals surface area contributed by atoms with Crippen molar-refractivity contribution < 1.29 is 36.3 Å². The van der Waals surface area contributed by atoms with E-state index >= 15 is 0 Å². The van der Waals surface area contributed by atoms with Gasteiger partial charge in [-0.25, -0.2) is 4.31 Å². The van der Waals surface area contributed by atoms with Gasteiger partial charge in [-0.1, -0.05) is 19.3 Å². The van der Waals surface area contributed by atoms with Crippen LogP contribution in [0.5, 0.6) is 0 Å². The first-order chi connectivity index (χ1) is 12.4. The molecule has 1 aliphatic heterocycles. The maximum atomic E-state index is 12.5. The molecule has 11 heteroatoms. The SMILES string of the molecule is CP(C)(=O)OP(C)(=O)OP(C)(=O)OC[C@@H]1CC[C@H](C2CC[C@H]2C2CCC2)O1.F. The average Bonchev–Trinajstić information content (AvgIpc) is 2.83. The van der Waals surface area contributed by atoms with Crippen molar-refractivity contribution in [2.75, 3.05) is 33.3 Å². The van der Waals surface area contributed by atoms with Crippen LogP contribution in [-0.2, 0) is 31.6 Å². The summed E-state index contributed by atoms with van der Waals surface area (Å²) in [5.74, 6) is 2.39. The molecule has 0 N–H and O–H groups in total. The molecule has 0 aromatic carbocycles. The summed E-state index contributed by atoms with van der Waals surface area (Å²) >= 11 is 0. The van der Waals surface area contributed by atoms with Gasteiger partial charge in [0.15, 0.2) is 0 Å². The fourth-order valence-electron chi connectivity index (χ4n) is 4.52. The Morgan fingerprint density at radius 2 is 1.46 bits per heavy atom. The summed E-state index contributed by atoms with van der Waals surface area (Å²) in [6.07, 6.45) is 8.75. The molecule has 0 aromatic heterocycles. The molecular formula is C17H34FO7P3. The third kappa shape index (κ3) is 6.74. The number of ether oxygens (including phenoxy) is 1. The minimum atomic E-state index is -3.73. The van der Waals surface area contributed by atoms with Crippen molar-refractivity contribution in [3.63, 3.8) is 0 Å². The topological polar surface area (TPSA) is 88.1 Å². The molecule has 0 amide bonds. The fraction of sp³-hybridized carbons (Fsp3) is 1.00. The molecule has 0 bridgehead atoms. The zero-order valence-electron chi connectivity index (χ0n) is 17.2. The Bertz CT molecular complexity index is 678. The first kappa shape index (κ1) is 24.7. The van der Waals surface area contributed by atoms with E-state index in [0.29, 0.717) is 5.92 Å². The lowest BCUT2D eigenvalue weighted by molar-refractivity contribution is -0.0745. The lowest BCUT2D eigenvalue weighted by Crippen LogP contribution is -2.42. The van der Waals surface area contributed by atoms with Gasteiger partial charge in [-0.05, 0) is 43.4 Å². The molecule has 28 heavy (non-hydrogen) atoms. The molecule has 0 radical (unpaired) electrons. The highest BCUT2D eigenvalue weighted by Gasteiger charge is 2.46. The standard InChI is InChI=1S/C17H33O7P3.FH/c1-25(2,18)23-27(4,20)24-26(3,19)21-12-14-8-11-17(22-14)16-10-9-15(16)13-6-5-7-13;/h13-17H,5-12H2,1-4H3;1H/t14-,15-,16?,17+,26?,27?;/m0./s1. The largest absolute Gasteiger partial charge is 0.372 e. The molecule has 1 saturated heterocycles. The number of hydrogen-bond acceptors (Lipinski definition) is 7. The Kier molecular flexibility index (Phi) is 8.22. The van der Waals surface area contributed by atoms with Gasteiger partial charge in [-0.15, -0.1) is 0 Å². The van der Waals surface area contributed by atoms with Crippen molar-refractivity contribution in [2.24, 2.45) is 17.8 Å². The van der Waals surface area contributed by atoms with Gasteiger partial charge < -0.3 is 9.26 Å². The zero-order valence-corrected chi connectivity index (χ0v) is 19.8. The molecule has 3 unspecified atom stereocenters. The summed E-state index contributed by atoms with van der Waals surface area (Å²) in [5, 5.41) is 0. The zero-order chi connectivity index (χ0) is 19.9. The molecule has 6 atom stereocenters. The predicted molar refractivity (Wildman–Crippen MR) is 109 cm³/mol. The number of hydrogen-bond donors (Lipinski definition) is 0. The van der Waals surface area contributed by atoms with Crippen LogP contribution in [0, 0.1) is 17.8 Å². The summed E-state index contributed by atoms with van der Waals surface area (Å²) in [6.45, 7) is 5.22. The highest BCUT2D eigenvalue weighted by Crippen LogP contribution is 2.67. The maximum Gasteiger partial charge on any atom is 0.340 e. The normalized spacial score (nSPS) is 35.1. The first-order valence-electron chi connectivity index (χ1n) is 9.87. The van der Waals surface area contributed by atoms with Crippen molar-refractivity contribution in [3.05, 3.63) is 0 Å². The van der Waals surface area contributed by atoms with Gasteiger partial charge in [0.1, 0.15) is 0 Å². The molecule has 3 fully saturated rings. The Hall–Kier alpha value is 0.460. The van der Waals surface area contributed by atoms with Crippen LogP contribution >= 0.6 is 22.6 Å². The predicted octanol–water partition coefficient (Wildman–Crippen LogP) is 5.75. The van der Waals surface area contributed by atoms with E-state index in [1.165, 1.54) is 52.1 Å². The highest BCUT2D eigenvalue weighted by atomic mass is 31.3. The van der Waals surface area contributed by atoms with Gasteiger partial charge in [0.2, 0.25) is 7.37 Å². The third-order valence-corrected chi connectivity index (χ3v) is 11.6. The summed E-state index contributed by atoms with van der Waals surface area (Å²) in [4.78, 5) is 0. The summed E-state index contributed by atoms with van der Waals surface area (Å²) < 4.78 is 58.1. The van der Waals surface area contributed by atoms with E-state index in [4.69, 9.17) is 17.9 Å². The summed E-state index contributed by atoms with van der Waals surface area (Å²) in [6, 6.07) is 0. The van der Waals surface area contributed by atoms with Crippen LogP contribution in [0.25, 0.3) is 0 Å². The molecule has 3 aliphatic rings. The average molecular weight is 462 g/mol. The Morgan fingerprint density at radius 3 is 1.96 bits per heavy atom. The van der Waals surface area contributed by atoms with Gasteiger partial charge in [-0.3, -0.25) is 22.7 Å². The molecule has 7 nitrogen and oxygen atoms in total. The molecular weight excluding hydrogens is 428 g/mol. The number of halogens is 1. The molecule has 3 rings (SSSR count). The first-order valence-corrected chi connectivity index (χ1v) is 16.4. The van der Waals surface area contributed by atoms with Crippen LogP contribution in [0.2, 0.25) is 0 Å². The molecule has 0 spiro atoms. The second-order valence-corrected chi connectivity index (χ2v) is 15.9. The minimum Gasteiger partial charge on any atom is -0.372 e. The molecule has 2 saturated carbocycles. The van der Waals surface area contributed by atoms with Crippen LogP contribution in [0.3, 0.4) is 0 Å². The van der Waals surface area contributed by atoms with Gasteiger partial charge in [0, 0.05) is 26.7 Å². The second kappa shape index (κ2) is 9.30. The second-order valence-electron chi connectivity index (χ2n) is 8.72. The van der Waals surface area contributed by atoms with E-state index in [-0.39, 0.29) is 23.5 Å². The molecule has 0 aromatic rings. The fourth-order valence-corrected chi connectivity index (χ4v) is 10.5. The lowest BCUT2D eigenvalue weighted by atomic mass is 9.59. The van der Waals surface area contributed by atoms with E-state index in [1.807, 2.05) is 0 Å². The molecule has 166 valence electrons. The summed E-state index contributed by atoms with van der Waals surface area (Å²) in [7, 11) is -10.4. The Labute approximate surface area is 167 Å². The third-order valence-electron chi connectivity index (χ3n) is 5.89. The van der Waals surface area contributed by atoms with E-state index < -0.39 is 22.6 Å². The van der Waals surface area contributed by atoms with Gasteiger partial charge in [0.25, 0.3) is 0 Å². The monoisotopic (exact) mass is 462 g/mol. The van der Waals surface area contributed by atoms with Crippen LogP contribution in [0.1, 0.15) is 44.9 Å². The lowest BCUT2D eigenvalue weighted by Gasteiger charge is -2.48. The van der Waals surface area contributed by atoms with Crippen molar-refractivity contribution in [2.45, 2.75) is 57.2 Å². The van der Waals surface area contributed by atoms with Crippen molar-refractivity contribution in [3.8, 4) is 0 Å². The molecule has 1 heterocycles. The van der Waals surface area contributed by atoms with Crippen molar-refractivity contribution in [1.82, 2.24) is 0 Å². The van der Waals surface area contributed by atoms with Crippen LogP contribution < -0.4 is 0 Å². The number of rotatable bonds is 9. The molecule has 2 aliphatic carbocycles. The van der Waals surface area contributed by atoms with Crippen LogP contribution in [-0.4, -0.2) is 45.5 Å². The smallest absolute Gasteiger partial charge is 0.340 e. The van der Waals surface area contributed by atoms with Gasteiger partial charge in [0.05, 0.1) is 18.8 Å². The Balaban J connectivity index is 0.00000280. The maximum absolute atomic E-state index is 12.5. The van der Waals surface area contributed by atoms with Gasteiger partial charge >= 0.3 is 15.2 Å². The van der Waals surface area contributed by atoms with Crippen LogP contribution in [0.15, 0.2) is 0 Å². The van der Waals surface area contributed by atoms with E-state index in [2.05, 4.69) is 0 Å². The van der Waals surface area contributed by atoms with E-state index in [1.54, 1.807) is 0 Å². The highest BCUT2D eigenvalue weighted by molar-refractivity contribution is 7.73. The van der Waals surface area contributed by atoms with Crippen molar-refractivity contribution >= 4 is 22.6 Å². The minimum absolute atomic E-state index is 0.